The number of ether oxygens (including phenoxy) is 1. The van der Waals surface area contributed by atoms with Crippen LogP contribution >= 0.6 is 11.5 Å². The lowest BCUT2D eigenvalue weighted by atomic mass is 10.00. The molecule has 0 bridgehead atoms. The van der Waals surface area contributed by atoms with Crippen molar-refractivity contribution in [3.8, 4) is 5.75 Å². The molecule has 0 saturated carbocycles. The van der Waals surface area contributed by atoms with Gasteiger partial charge in [-0.05, 0) is 65.8 Å². The molecule has 1 aromatic heterocycles. The topological polar surface area (TPSA) is 141 Å². The standard InChI is InChI=1S/C29H29N5O4S/c1-17-9-10-18(2)22(15-17)34(29(37)26-23(30)24(27(31)35)33-39-26)25(20-11-13-21(38-3)14-12-20)28(36)32-16-19-7-5-4-6-8-19/h4-15,25H,16,30H2,1-3H3,(H2,31,35)(H,32,36)/t25-/m1/s1. The molecule has 39 heavy (non-hydrogen) atoms. The van der Waals surface area contributed by atoms with Gasteiger partial charge in [0.1, 0.15) is 16.7 Å². The summed E-state index contributed by atoms with van der Waals surface area (Å²) in [7, 11) is 1.55. The Morgan fingerprint density at radius 2 is 1.72 bits per heavy atom. The number of aryl methyl sites for hydroxylation is 2. The summed E-state index contributed by atoms with van der Waals surface area (Å²) < 4.78 is 9.31. The van der Waals surface area contributed by atoms with Crippen LogP contribution in [0.1, 0.15) is 48.5 Å². The number of nitrogens with one attached hydrogen (secondary N) is 1. The van der Waals surface area contributed by atoms with E-state index in [1.165, 1.54) is 4.90 Å². The van der Waals surface area contributed by atoms with Crippen LogP contribution in [-0.2, 0) is 11.3 Å². The fourth-order valence-corrected chi connectivity index (χ4v) is 4.91. The van der Waals surface area contributed by atoms with Crippen LogP contribution in [0.2, 0.25) is 0 Å². The fourth-order valence-electron chi connectivity index (χ4n) is 4.17. The molecule has 0 fully saturated rings. The maximum absolute atomic E-state index is 14.2. The molecule has 0 spiro atoms. The van der Waals surface area contributed by atoms with Crippen LogP contribution in [0, 0.1) is 13.8 Å². The van der Waals surface area contributed by atoms with Crippen LogP contribution in [0.4, 0.5) is 11.4 Å². The van der Waals surface area contributed by atoms with Crippen LogP contribution in [0.25, 0.3) is 0 Å². The van der Waals surface area contributed by atoms with Crippen molar-refractivity contribution < 1.29 is 19.1 Å². The number of nitrogen functional groups attached to an aromatic ring is 1. The van der Waals surface area contributed by atoms with Crippen molar-refractivity contribution >= 4 is 40.6 Å². The first-order chi connectivity index (χ1) is 18.7. The first kappa shape index (κ1) is 27.3. The molecule has 1 heterocycles. The van der Waals surface area contributed by atoms with E-state index in [4.69, 9.17) is 16.2 Å². The first-order valence-electron chi connectivity index (χ1n) is 12.1. The predicted molar refractivity (Wildman–Crippen MR) is 152 cm³/mol. The first-order valence-corrected chi connectivity index (χ1v) is 12.9. The summed E-state index contributed by atoms with van der Waals surface area (Å²) in [4.78, 5) is 41.4. The molecule has 3 amide bonds. The van der Waals surface area contributed by atoms with Crippen molar-refractivity contribution in [2.45, 2.75) is 26.4 Å². The van der Waals surface area contributed by atoms with E-state index >= 15 is 0 Å². The van der Waals surface area contributed by atoms with E-state index in [0.29, 0.717) is 17.0 Å². The molecule has 10 heteroatoms. The quantitative estimate of drug-likeness (QED) is 0.290. The van der Waals surface area contributed by atoms with Gasteiger partial charge in [0, 0.05) is 12.2 Å². The van der Waals surface area contributed by atoms with Gasteiger partial charge in [-0.15, -0.1) is 0 Å². The second-order valence-corrected chi connectivity index (χ2v) is 9.76. The number of rotatable bonds is 9. The Labute approximate surface area is 230 Å². The van der Waals surface area contributed by atoms with Crippen LogP contribution in [0.15, 0.2) is 72.8 Å². The van der Waals surface area contributed by atoms with Crippen molar-refractivity contribution in [1.29, 1.82) is 0 Å². The van der Waals surface area contributed by atoms with Crippen molar-refractivity contribution in [2.75, 3.05) is 17.7 Å². The van der Waals surface area contributed by atoms with Gasteiger partial charge in [0.25, 0.3) is 11.8 Å². The summed E-state index contributed by atoms with van der Waals surface area (Å²) in [6.45, 7) is 4.01. The molecule has 0 aliphatic rings. The Bertz CT molecular complexity index is 1500. The SMILES string of the molecule is COc1ccc([C@H](C(=O)NCc2ccccc2)N(C(=O)c2snc(C(N)=O)c2N)c2cc(C)ccc2C)cc1. The van der Waals surface area contributed by atoms with Gasteiger partial charge in [0.05, 0.1) is 12.8 Å². The van der Waals surface area contributed by atoms with Gasteiger partial charge in [0.2, 0.25) is 5.91 Å². The zero-order valence-electron chi connectivity index (χ0n) is 21.8. The Kier molecular flexibility index (Phi) is 8.26. The van der Waals surface area contributed by atoms with Crippen molar-refractivity contribution in [3.63, 3.8) is 0 Å². The van der Waals surface area contributed by atoms with E-state index in [1.807, 2.05) is 62.4 Å². The summed E-state index contributed by atoms with van der Waals surface area (Å²) in [6.07, 6.45) is 0. The van der Waals surface area contributed by atoms with Crippen LogP contribution < -0.4 is 26.4 Å². The third-order valence-electron chi connectivity index (χ3n) is 6.25. The number of carbonyl (C=O) groups excluding carboxylic acids is 3. The predicted octanol–water partition coefficient (Wildman–Crippen LogP) is 4.15. The van der Waals surface area contributed by atoms with E-state index < -0.39 is 23.8 Å². The van der Waals surface area contributed by atoms with Gasteiger partial charge in [-0.25, -0.2) is 0 Å². The minimum atomic E-state index is -1.09. The van der Waals surface area contributed by atoms with Gasteiger partial charge in [-0.2, -0.15) is 4.37 Å². The zero-order chi connectivity index (χ0) is 28.1. The third-order valence-corrected chi connectivity index (χ3v) is 7.10. The largest absolute Gasteiger partial charge is 0.497 e. The molecule has 0 saturated heterocycles. The summed E-state index contributed by atoms with van der Waals surface area (Å²) in [5.74, 6) is -1.23. The van der Waals surface area contributed by atoms with E-state index in [1.54, 1.807) is 31.4 Å². The Morgan fingerprint density at radius 1 is 1.03 bits per heavy atom. The number of hydrogen-bond acceptors (Lipinski definition) is 7. The molecule has 9 nitrogen and oxygen atoms in total. The fraction of sp³-hybridized carbons (Fsp3) is 0.172. The van der Waals surface area contributed by atoms with Gasteiger partial charge in [-0.3, -0.25) is 19.3 Å². The lowest BCUT2D eigenvalue weighted by Crippen LogP contribution is -2.44. The van der Waals surface area contributed by atoms with E-state index in [9.17, 15) is 14.4 Å². The molecule has 1 atom stereocenters. The van der Waals surface area contributed by atoms with Crippen molar-refractivity contribution in [1.82, 2.24) is 9.69 Å². The molecule has 0 unspecified atom stereocenters. The number of amides is 3. The second-order valence-electron chi connectivity index (χ2n) is 8.98. The number of carbonyl (C=O) groups is 3. The minimum Gasteiger partial charge on any atom is -0.497 e. The molecule has 0 radical (unpaired) electrons. The number of nitrogens with two attached hydrogens (primary N) is 2. The van der Waals surface area contributed by atoms with E-state index in [-0.39, 0.29) is 22.8 Å². The highest BCUT2D eigenvalue weighted by Gasteiger charge is 2.36. The molecule has 0 aliphatic carbocycles. The lowest BCUT2D eigenvalue weighted by Gasteiger charge is -2.32. The average molecular weight is 544 g/mol. The van der Waals surface area contributed by atoms with Crippen LogP contribution in [-0.4, -0.2) is 29.2 Å². The monoisotopic (exact) mass is 543 g/mol. The van der Waals surface area contributed by atoms with E-state index in [2.05, 4.69) is 9.69 Å². The Morgan fingerprint density at radius 3 is 2.33 bits per heavy atom. The molecule has 3 aromatic carbocycles. The maximum Gasteiger partial charge on any atom is 0.273 e. The number of benzene rings is 3. The summed E-state index contributed by atoms with van der Waals surface area (Å²) in [5.41, 5.74) is 14.9. The number of anilines is 2. The zero-order valence-corrected chi connectivity index (χ0v) is 22.6. The van der Waals surface area contributed by atoms with Crippen molar-refractivity contribution in [3.05, 3.63) is 106 Å². The lowest BCUT2D eigenvalue weighted by molar-refractivity contribution is -0.122. The number of hydrogen-bond donors (Lipinski definition) is 3. The highest BCUT2D eigenvalue weighted by atomic mass is 32.1. The van der Waals surface area contributed by atoms with Gasteiger partial charge >= 0.3 is 0 Å². The Hall–Kier alpha value is -4.70. The van der Waals surface area contributed by atoms with E-state index in [0.717, 1.165) is 28.2 Å². The molecule has 0 aliphatic heterocycles. The number of primary amides is 1. The smallest absolute Gasteiger partial charge is 0.273 e. The number of methoxy groups -OCH3 is 1. The molecule has 4 aromatic rings. The molecule has 5 N–H and O–H groups in total. The summed E-state index contributed by atoms with van der Waals surface area (Å²) in [5, 5.41) is 2.97. The maximum atomic E-state index is 14.2. The molecule has 200 valence electrons. The van der Waals surface area contributed by atoms with Gasteiger partial charge < -0.3 is 21.5 Å². The molecular formula is C29H29N5O4S. The second kappa shape index (κ2) is 11.8. The Balaban J connectivity index is 1.87. The van der Waals surface area contributed by atoms with Gasteiger partial charge in [-0.1, -0.05) is 54.6 Å². The van der Waals surface area contributed by atoms with Crippen LogP contribution in [0.3, 0.4) is 0 Å². The number of aromatic nitrogens is 1. The molecular weight excluding hydrogens is 514 g/mol. The average Bonchev–Trinajstić information content (AvgIpc) is 3.33. The highest BCUT2D eigenvalue weighted by molar-refractivity contribution is 7.09. The van der Waals surface area contributed by atoms with Crippen LogP contribution in [0.5, 0.6) is 5.75 Å². The number of nitrogens with zero attached hydrogens (tertiary/aromatic N) is 2. The summed E-state index contributed by atoms with van der Waals surface area (Å²) in [6, 6.07) is 20.9. The highest BCUT2D eigenvalue weighted by Crippen LogP contribution is 2.35. The normalized spacial score (nSPS) is 11.5. The molecule has 4 rings (SSSR count). The summed E-state index contributed by atoms with van der Waals surface area (Å²) >= 11 is 0.768. The minimum absolute atomic E-state index is 0.0130. The van der Waals surface area contributed by atoms with Gasteiger partial charge in [0.15, 0.2) is 5.69 Å². The van der Waals surface area contributed by atoms with Crippen molar-refractivity contribution in [2.24, 2.45) is 5.73 Å². The third kappa shape index (κ3) is 5.91.